The Morgan fingerprint density at radius 1 is 1.22 bits per heavy atom. The Hall–Kier alpha value is -2.90. The van der Waals surface area contributed by atoms with Gasteiger partial charge in [0.05, 0.1) is 6.21 Å². The van der Waals surface area contributed by atoms with Crippen molar-refractivity contribution in [3.8, 4) is 0 Å². The Bertz CT molecular complexity index is 933. The van der Waals surface area contributed by atoms with E-state index in [-0.39, 0.29) is 17.2 Å². The van der Waals surface area contributed by atoms with Crippen molar-refractivity contribution in [2.75, 3.05) is 0 Å². The molecule has 0 bridgehead atoms. The van der Waals surface area contributed by atoms with Gasteiger partial charge in [-0.3, -0.25) is 4.79 Å². The van der Waals surface area contributed by atoms with E-state index in [1.807, 2.05) is 20.8 Å². The first-order valence-electron chi connectivity index (χ1n) is 7.00. The largest absolute Gasteiger partial charge is 0.298 e. The Kier molecular flexibility index (Phi) is 3.51. The maximum atomic E-state index is 12.9. The van der Waals surface area contributed by atoms with Crippen LogP contribution in [0.15, 0.2) is 40.5 Å². The van der Waals surface area contributed by atoms with Gasteiger partial charge in [0.15, 0.2) is 0 Å². The molecular weight excluding hydrogens is 299 g/mol. The Morgan fingerprint density at radius 3 is 2.57 bits per heavy atom. The van der Waals surface area contributed by atoms with Gasteiger partial charge in [-0.05, 0) is 17.7 Å². The maximum Gasteiger partial charge on any atom is 0.298 e. The summed E-state index contributed by atoms with van der Waals surface area (Å²) in [5, 5.41) is 16.1. The molecule has 118 valence electrons. The predicted octanol–water partition coefficient (Wildman–Crippen LogP) is 1.60. The fourth-order valence-corrected chi connectivity index (χ4v) is 2.02. The van der Waals surface area contributed by atoms with Crippen LogP contribution < -0.4 is 5.56 Å². The van der Waals surface area contributed by atoms with Crippen LogP contribution >= 0.6 is 0 Å². The van der Waals surface area contributed by atoms with Crippen LogP contribution in [-0.4, -0.2) is 30.7 Å². The van der Waals surface area contributed by atoms with E-state index in [0.29, 0.717) is 11.3 Å². The third-order valence-corrected chi connectivity index (χ3v) is 3.21. The number of aromatic nitrogens is 5. The first kappa shape index (κ1) is 15.0. The summed E-state index contributed by atoms with van der Waals surface area (Å²) < 4.78 is 15.5. The molecule has 23 heavy (non-hydrogen) atoms. The van der Waals surface area contributed by atoms with Gasteiger partial charge in [-0.2, -0.15) is 19.4 Å². The third kappa shape index (κ3) is 2.87. The minimum Gasteiger partial charge on any atom is -0.265 e. The van der Waals surface area contributed by atoms with Gasteiger partial charge in [0.25, 0.3) is 11.3 Å². The Labute approximate surface area is 131 Å². The predicted molar refractivity (Wildman–Crippen MR) is 83.1 cm³/mol. The molecule has 0 N–H and O–H groups in total. The summed E-state index contributed by atoms with van der Waals surface area (Å²) in [6.45, 7) is 5.67. The second kappa shape index (κ2) is 5.38. The fourth-order valence-electron chi connectivity index (χ4n) is 2.02. The van der Waals surface area contributed by atoms with Gasteiger partial charge in [-0.25, -0.2) is 4.39 Å². The van der Waals surface area contributed by atoms with Crippen molar-refractivity contribution in [3.63, 3.8) is 0 Å². The number of nitrogens with zero attached hydrogens (tertiary/aromatic N) is 6. The van der Waals surface area contributed by atoms with E-state index in [1.54, 1.807) is 12.1 Å². The minimum atomic E-state index is -0.456. The van der Waals surface area contributed by atoms with E-state index < -0.39 is 5.41 Å². The van der Waals surface area contributed by atoms with Gasteiger partial charge in [-0.15, -0.1) is 10.2 Å². The zero-order chi connectivity index (χ0) is 16.6. The van der Waals surface area contributed by atoms with Crippen molar-refractivity contribution in [1.29, 1.82) is 0 Å². The lowest BCUT2D eigenvalue weighted by molar-refractivity contribution is 0.529. The molecule has 2 aromatic heterocycles. The average molecular weight is 314 g/mol. The van der Waals surface area contributed by atoms with Crippen LogP contribution in [0.4, 0.5) is 4.39 Å². The monoisotopic (exact) mass is 314 g/mol. The molecule has 0 fully saturated rings. The van der Waals surface area contributed by atoms with Crippen LogP contribution in [0.1, 0.15) is 32.0 Å². The van der Waals surface area contributed by atoms with Gasteiger partial charge < -0.3 is 0 Å². The molecule has 0 saturated carbocycles. The van der Waals surface area contributed by atoms with Crippen LogP contribution in [0.25, 0.3) is 5.78 Å². The number of fused-ring (bicyclic) bond motifs is 1. The molecule has 1 aromatic carbocycles. The quantitative estimate of drug-likeness (QED) is 0.673. The number of hydrogen-bond acceptors (Lipinski definition) is 5. The van der Waals surface area contributed by atoms with E-state index in [0.717, 1.165) is 4.68 Å². The van der Waals surface area contributed by atoms with E-state index in [9.17, 15) is 9.18 Å². The van der Waals surface area contributed by atoms with Crippen molar-refractivity contribution in [3.05, 3.63) is 58.0 Å². The fraction of sp³-hybridized carbons (Fsp3) is 0.267. The van der Waals surface area contributed by atoms with Crippen LogP contribution in [0.2, 0.25) is 0 Å². The topological polar surface area (TPSA) is 77.4 Å². The lowest BCUT2D eigenvalue weighted by Crippen LogP contribution is -2.33. The van der Waals surface area contributed by atoms with Crippen molar-refractivity contribution in [2.45, 2.75) is 26.2 Å². The van der Waals surface area contributed by atoms with Crippen molar-refractivity contribution in [2.24, 2.45) is 5.10 Å². The van der Waals surface area contributed by atoms with Crippen molar-refractivity contribution < 1.29 is 4.39 Å². The highest BCUT2D eigenvalue weighted by molar-refractivity contribution is 5.79. The second-order valence-electron chi connectivity index (χ2n) is 6.09. The molecule has 8 heteroatoms. The van der Waals surface area contributed by atoms with E-state index in [1.165, 1.54) is 29.2 Å². The van der Waals surface area contributed by atoms with E-state index >= 15 is 0 Å². The maximum absolute atomic E-state index is 12.9. The average Bonchev–Trinajstić information content (AvgIpc) is 2.94. The highest BCUT2D eigenvalue weighted by atomic mass is 19.1. The molecule has 0 aliphatic rings. The van der Waals surface area contributed by atoms with Gasteiger partial charge >= 0.3 is 0 Å². The van der Waals surface area contributed by atoms with Crippen molar-refractivity contribution in [1.82, 2.24) is 24.5 Å². The molecule has 0 saturated heterocycles. The number of rotatable bonds is 2. The first-order valence-corrected chi connectivity index (χ1v) is 7.00. The van der Waals surface area contributed by atoms with E-state index in [2.05, 4.69) is 20.4 Å². The smallest absolute Gasteiger partial charge is 0.265 e. The Morgan fingerprint density at radius 2 is 1.91 bits per heavy atom. The molecule has 2 heterocycles. The summed E-state index contributed by atoms with van der Waals surface area (Å²) in [6.07, 6.45) is 2.87. The normalized spacial score (nSPS) is 12.3. The highest BCUT2D eigenvalue weighted by Gasteiger charge is 2.23. The zero-order valence-corrected chi connectivity index (χ0v) is 12.9. The van der Waals surface area contributed by atoms with Crippen LogP contribution in [0, 0.1) is 5.82 Å². The molecule has 0 aliphatic carbocycles. The molecule has 0 aliphatic heterocycles. The first-order chi connectivity index (χ1) is 10.9. The SMILES string of the molecule is CC(C)(C)c1nn2cnnc2n(/N=C\c2ccc(F)cc2)c1=O. The Balaban J connectivity index is 2.16. The number of benzene rings is 1. The van der Waals surface area contributed by atoms with Crippen LogP contribution in [0.5, 0.6) is 0 Å². The van der Waals surface area contributed by atoms with Gasteiger partial charge in [0, 0.05) is 5.41 Å². The van der Waals surface area contributed by atoms with Crippen molar-refractivity contribution >= 4 is 12.0 Å². The molecule has 3 aromatic rings. The van der Waals surface area contributed by atoms with Crippen LogP contribution in [-0.2, 0) is 5.41 Å². The summed E-state index contributed by atoms with van der Waals surface area (Å²) in [7, 11) is 0. The standard InChI is InChI=1S/C15H15FN6O/c1-15(2,3)12-13(23)22(14-19-17-9-21(14)20-12)18-8-10-4-6-11(16)7-5-10/h4-9H,1-3H3/b18-8-. The van der Waals surface area contributed by atoms with Crippen LogP contribution in [0.3, 0.4) is 0 Å². The summed E-state index contributed by atoms with van der Waals surface area (Å²) in [6, 6.07) is 5.78. The molecule has 0 atom stereocenters. The summed E-state index contributed by atoms with van der Waals surface area (Å²) in [5.74, 6) is -0.126. The molecule has 0 radical (unpaired) electrons. The van der Waals surface area contributed by atoms with Gasteiger partial charge in [-0.1, -0.05) is 32.9 Å². The lowest BCUT2D eigenvalue weighted by atomic mass is 9.93. The van der Waals surface area contributed by atoms with Gasteiger partial charge in [0.2, 0.25) is 0 Å². The highest BCUT2D eigenvalue weighted by Crippen LogP contribution is 2.16. The molecule has 3 rings (SSSR count). The molecule has 7 nitrogen and oxygen atoms in total. The molecule has 0 spiro atoms. The summed E-state index contributed by atoms with van der Waals surface area (Å²) in [4.78, 5) is 12.6. The summed E-state index contributed by atoms with van der Waals surface area (Å²) in [5.41, 5.74) is 0.186. The number of halogens is 1. The van der Waals surface area contributed by atoms with E-state index in [4.69, 9.17) is 0 Å². The molecule has 0 amide bonds. The lowest BCUT2D eigenvalue weighted by Gasteiger charge is -2.16. The molecular formula is C15H15FN6O. The van der Waals surface area contributed by atoms with Gasteiger partial charge in [0.1, 0.15) is 17.8 Å². The number of hydrogen-bond donors (Lipinski definition) is 0. The minimum absolute atomic E-state index is 0.210. The third-order valence-electron chi connectivity index (χ3n) is 3.21. The zero-order valence-electron chi connectivity index (χ0n) is 12.9. The second-order valence-corrected chi connectivity index (χ2v) is 6.09. The molecule has 0 unspecified atom stereocenters. The summed E-state index contributed by atoms with van der Waals surface area (Å²) >= 11 is 0.